The number of phenolic OH excluding ortho intramolecular Hbond substituents is 1. The number of hydrogen-bond donors (Lipinski definition) is 6. The van der Waals surface area contributed by atoms with Gasteiger partial charge in [-0.25, -0.2) is 0 Å². The molecule has 1 aromatic carbocycles. The Bertz CT molecular complexity index is 1280. The van der Waals surface area contributed by atoms with Crippen molar-refractivity contribution in [3.8, 4) is 5.75 Å². The topological polar surface area (TPSA) is 138 Å². The molecule has 7 heteroatoms. The molecule has 2 aliphatic carbocycles. The maximum Gasteiger partial charge on any atom is 0.162 e. The van der Waals surface area contributed by atoms with Crippen LogP contribution in [0.5, 0.6) is 5.75 Å². The summed E-state index contributed by atoms with van der Waals surface area (Å²) in [4.78, 5) is 13.5. The van der Waals surface area contributed by atoms with Crippen molar-refractivity contribution in [2.45, 2.75) is 96.9 Å². The summed E-state index contributed by atoms with van der Waals surface area (Å²) in [5.74, 6) is -0.657. The molecule has 0 bridgehead atoms. The van der Waals surface area contributed by atoms with Gasteiger partial charge in [0.1, 0.15) is 5.75 Å². The lowest BCUT2D eigenvalue weighted by atomic mass is 9.52. The first kappa shape index (κ1) is 35.7. The number of ketones is 1. The highest BCUT2D eigenvalue weighted by Gasteiger charge is 2.64. The minimum absolute atomic E-state index is 0.0437. The zero-order valence-electron chi connectivity index (χ0n) is 26.8. The smallest absolute Gasteiger partial charge is 0.162 e. The summed E-state index contributed by atoms with van der Waals surface area (Å²) in [6.07, 6.45) is 8.99. The van der Waals surface area contributed by atoms with Gasteiger partial charge in [0, 0.05) is 24.4 Å². The molecule has 0 aliphatic heterocycles. The molecule has 6 unspecified atom stereocenters. The summed E-state index contributed by atoms with van der Waals surface area (Å²) in [5.41, 5.74) is 2.41. The number of benzene rings is 1. The molecule has 1 spiro atoms. The largest absolute Gasteiger partial charge is 0.508 e. The Kier molecular flexibility index (Phi) is 12.5. The first-order valence-corrected chi connectivity index (χ1v) is 15.8. The Morgan fingerprint density at radius 1 is 1.14 bits per heavy atom. The zero-order chi connectivity index (χ0) is 32.7. The molecule has 0 amide bonds. The standard InChI is InChI=1S/C37H52O7/c1-24(2)11-16-33(41)25(3)8-6-9-28(23-39)31-18-20-37(35(31)43)32(10-7-21-38)30(17-19-36(37,5)44)26(4)34(42)22-27-12-14-29(40)15-13-27/h6,8-9,11-15,31-33,35,38-41,43-44H,3,7,10,16-23H2,1-2,4-5H3. The molecule has 0 saturated heterocycles. The fourth-order valence-corrected chi connectivity index (χ4v) is 7.37. The van der Waals surface area contributed by atoms with Crippen molar-refractivity contribution in [2.75, 3.05) is 13.2 Å². The minimum atomic E-state index is -1.23. The summed E-state index contributed by atoms with van der Waals surface area (Å²) in [6.45, 7) is 11.2. The quantitative estimate of drug-likeness (QED) is 0.102. The van der Waals surface area contributed by atoms with Gasteiger partial charge in [0.15, 0.2) is 5.78 Å². The van der Waals surface area contributed by atoms with Crippen LogP contribution < -0.4 is 0 Å². The number of aromatic hydroxyl groups is 1. The van der Waals surface area contributed by atoms with Crippen LogP contribution in [0.25, 0.3) is 0 Å². The van der Waals surface area contributed by atoms with E-state index in [2.05, 4.69) is 6.58 Å². The number of carbonyl (C=O) groups excluding carboxylic acids is 1. The Morgan fingerprint density at radius 2 is 1.82 bits per heavy atom. The number of hydrogen-bond acceptors (Lipinski definition) is 7. The number of carbonyl (C=O) groups is 1. The van der Waals surface area contributed by atoms with Crippen LogP contribution in [0, 0.1) is 17.3 Å². The SMILES string of the molecule is C=C(C=CC=C(CO)C1CCC2(C(CCCO)C(=C(C)C(=O)Cc3ccc(O)cc3)CCC2(C)O)C1O)C(O)CC=C(C)C. The van der Waals surface area contributed by atoms with Crippen LogP contribution in [0.3, 0.4) is 0 Å². The molecule has 2 aliphatic rings. The molecule has 2 fully saturated rings. The summed E-state index contributed by atoms with van der Waals surface area (Å²) < 4.78 is 0. The van der Waals surface area contributed by atoms with Gasteiger partial charge in [-0.3, -0.25) is 4.79 Å². The molecule has 1 aromatic rings. The summed E-state index contributed by atoms with van der Waals surface area (Å²) >= 11 is 0. The summed E-state index contributed by atoms with van der Waals surface area (Å²) in [6, 6.07) is 6.56. The van der Waals surface area contributed by atoms with E-state index < -0.39 is 29.1 Å². The van der Waals surface area contributed by atoms with E-state index in [-0.39, 0.29) is 37.1 Å². The van der Waals surface area contributed by atoms with E-state index in [1.54, 1.807) is 49.4 Å². The molecule has 44 heavy (non-hydrogen) atoms. The number of aliphatic hydroxyl groups excluding tert-OH is 4. The van der Waals surface area contributed by atoms with Crippen molar-refractivity contribution in [1.29, 1.82) is 0 Å². The molecule has 0 heterocycles. The number of allylic oxidation sites excluding steroid dienone is 5. The third kappa shape index (κ3) is 7.88. The predicted octanol–water partition coefficient (Wildman–Crippen LogP) is 5.26. The molecular formula is C37H52O7. The lowest BCUT2D eigenvalue weighted by molar-refractivity contribution is -0.167. The average Bonchev–Trinajstić information content (AvgIpc) is 3.33. The molecule has 6 atom stereocenters. The van der Waals surface area contributed by atoms with Gasteiger partial charge < -0.3 is 30.6 Å². The van der Waals surface area contributed by atoms with Crippen molar-refractivity contribution in [1.82, 2.24) is 0 Å². The van der Waals surface area contributed by atoms with Crippen molar-refractivity contribution >= 4 is 5.78 Å². The Labute approximate surface area is 262 Å². The van der Waals surface area contributed by atoms with Gasteiger partial charge in [-0.1, -0.05) is 54.2 Å². The molecule has 6 N–H and O–H groups in total. The van der Waals surface area contributed by atoms with E-state index in [1.807, 2.05) is 26.8 Å². The highest BCUT2D eigenvalue weighted by atomic mass is 16.3. The van der Waals surface area contributed by atoms with Gasteiger partial charge in [0.2, 0.25) is 0 Å². The second-order valence-electron chi connectivity index (χ2n) is 13.1. The molecule has 242 valence electrons. The van der Waals surface area contributed by atoms with Gasteiger partial charge in [0.05, 0.1) is 24.4 Å². The van der Waals surface area contributed by atoms with Crippen LogP contribution in [0.2, 0.25) is 0 Å². The van der Waals surface area contributed by atoms with Gasteiger partial charge in [-0.05, 0) is 113 Å². The normalized spacial score (nSPS) is 29.2. The van der Waals surface area contributed by atoms with Gasteiger partial charge in [0.25, 0.3) is 0 Å². The van der Waals surface area contributed by atoms with Crippen molar-refractivity contribution in [3.63, 3.8) is 0 Å². The fraction of sp³-hybridized carbons (Fsp3) is 0.541. The minimum Gasteiger partial charge on any atom is -0.508 e. The lowest BCUT2D eigenvalue weighted by Gasteiger charge is -2.55. The van der Waals surface area contributed by atoms with E-state index >= 15 is 0 Å². The number of Topliss-reactive ketones (excluding diaryl/α,β-unsaturated/α-hetero) is 1. The second-order valence-corrected chi connectivity index (χ2v) is 13.1. The predicted molar refractivity (Wildman–Crippen MR) is 174 cm³/mol. The van der Waals surface area contributed by atoms with E-state index in [1.165, 1.54) is 0 Å². The molecule has 3 rings (SSSR count). The Morgan fingerprint density at radius 3 is 2.43 bits per heavy atom. The third-order valence-corrected chi connectivity index (χ3v) is 10.0. The molecular weight excluding hydrogens is 556 g/mol. The Balaban J connectivity index is 1.94. The van der Waals surface area contributed by atoms with Crippen LogP contribution in [-0.2, 0) is 11.2 Å². The van der Waals surface area contributed by atoms with E-state index in [0.29, 0.717) is 61.7 Å². The van der Waals surface area contributed by atoms with Gasteiger partial charge >= 0.3 is 0 Å². The van der Waals surface area contributed by atoms with Crippen LogP contribution >= 0.6 is 0 Å². The molecule has 0 aromatic heterocycles. The first-order chi connectivity index (χ1) is 20.8. The van der Waals surface area contributed by atoms with Crippen molar-refractivity contribution < 1.29 is 35.4 Å². The molecule has 2 saturated carbocycles. The third-order valence-electron chi connectivity index (χ3n) is 10.0. The van der Waals surface area contributed by atoms with E-state index in [4.69, 9.17) is 0 Å². The monoisotopic (exact) mass is 608 g/mol. The fourth-order valence-electron chi connectivity index (χ4n) is 7.37. The first-order valence-electron chi connectivity index (χ1n) is 15.8. The maximum atomic E-state index is 13.5. The van der Waals surface area contributed by atoms with Gasteiger partial charge in [-0.15, -0.1) is 0 Å². The van der Waals surface area contributed by atoms with Gasteiger partial charge in [-0.2, -0.15) is 0 Å². The number of aliphatic hydroxyl groups is 5. The van der Waals surface area contributed by atoms with Crippen LogP contribution in [0.1, 0.15) is 78.2 Å². The number of phenols is 1. The Hall–Kier alpha value is -2.81. The second kappa shape index (κ2) is 15.5. The summed E-state index contributed by atoms with van der Waals surface area (Å²) in [7, 11) is 0. The highest BCUT2D eigenvalue weighted by Crippen LogP contribution is 2.63. The van der Waals surface area contributed by atoms with Crippen molar-refractivity contribution in [3.05, 3.63) is 88.6 Å². The highest BCUT2D eigenvalue weighted by molar-refractivity contribution is 5.97. The maximum absolute atomic E-state index is 13.5. The zero-order valence-corrected chi connectivity index (χ0v) is 26.8. The van der Waals surface area contributed by atoms with E-state index in [0.717, 1.165) is 16.7 Å². The van der Waals surface area contributed by atoms with Crippen LogP contribution in [0.4, 0.5) is 0 Å². The van der Waals surface area contributed by atoms with E-state index in [9.17, 15) is 35.4 Å². The van der Waals surface area contributed by atoms with Crippen molar-refractivity contribution in [2.24, 2.45) is 17.3 Å². The van der Waals surface area contributed by atoms with Crippen LogP contribution in [-0.4, -0.2) is 67.4 Å². The lowest BCUT2D eigenvalue weighted by Crippen LogP contribution is -2.59. The summed E-state index contributed by atoms with van der Waals surface area (Å²) in [5, 5.41) is 64.2. The molecule has 7 nitrogen and oxygen atoms in total. The average molecular weight is 609 g/mol. The number of rotatable bonds is 13. The van der Waals surface area contributed by atoms with Crippen LogP contribution in [0.15, 0.2) is 83.0 Å². The molecule has 0 radical (unpaired) electrons.